The van der Waals surface area contributed by atoms with Gasteiger partial charge in [0.25, 0.3) is 0 Å². The van der Waals surface area contributed by atoms with E-state index in [1.807, 2.05) is 0 Å². The van der Waals surface area contributed by atoms with Crippen LogP contribution < -0.4 is 11.1 Å². The average molecular weight is 253 g/mol. The summed E-state index contributed by atoms with van der Waals surface area (Å²) >= 11 is 0. The predicted molar refractivity (Wildman–Crippen MR) is 73.1 cm³/mol. The van der Waals surface area contributed by atoms with Gasteiger partial charge in [0.15, 0.2) is 0 Å². The van der Waals surface area contributed by atoms with E-state index in [1.54, 1.807) is 0 Å². The minimum absolute atomic E-state index is 0.0840. The number of nitrogens with one attached hydrogen (secondary N) is 1. The normalized spacial score (nSPS) is 26.6. The standard InChI is InChI=1S/C14H27N3O/c1-10(2)17-6-5-11(9-17)8-16-14(18)7-13(15)12-3-4-12/h10-13H,3-9,15H2,1-2H3,(H,16,18). The van der Waals surface area contributed by atoms with Gasteiger partial charge in [0.2, 0.25) is 5.91 Å². The number of nitrogens with zero attached hydrogens (tertiary/aromatic N) is 1. The van der Waals surface area contributed by atoms with Crippen LogP contribution in [-0.4, -0.2) is 42.5 Å². The molecule has 1 amide bonds. The molecule has 3 N–H and O–H groups in total. The monoisotopic (exact) mass is 253 g/mol. The number of rotatable bonds is 6. The molecule has 1 aliphatic carbocycles. The highest BCUT2D eigenvalue weighted by atomic mass is 16.1. The molecule has 1 saturated carbocycles. The third-order valence-corrected chi connectivity index (χ3v) is 4.28. The van der Waals surface area contributed by atoms with Crippen molar-refractivity contribution >= 4 is 5.91 Å². The molecular weight excluding hydrogens is 226 g/mol. The fourth-order valence-electron chi connectivity index (χ4n) is 2.73. The molecule has 2 unspecified atom stereocenters. The average Bonchev–Trinajstić information content (AvgIpc) is 3.05. The van der Waals surface area contributed by atoms with Gasteiger partial charge in [-0.25, -0.2) is 0 Å². The molecule has 0 bridgehead atoms. The molecule has 2 fully saturated rings. The van der Waals surface area contributed by atoms with Gasteiger partial charge >= 0.3 is 0 Å². The van der Waals surface area contributed by atoms with Gasteiger partial charge in [-0.15, -0.1) is 0 Å². The molecule has 1 aliphatic heterocycles. The molecule has 0 aromatic carbocycles. The zero-order valence-electron chi connectivity index (χ0n) is 11.7. The van der Waals surface area contributed by atoms with Crippen LogP contribution in [0.4, 0.5) is 0 Å². The van der Waals surface area contributed by atoms with Gasteiger partial charge in [-0.05, 0) is 51.5 Å². The summed E-state index contributed by atoms with van der Waals surface area (Å²) in [5, 5.41) is 3.05. The van der Waals surface area contributed by atoms with Gasteiger partial charge in [-0.1, -0.05) is 0 Å². The number of likely N-dealkylation sites (tertiary alicyclic amines) is 1. The lowest BCUT2D eigenvalue weighted by atomic mass is 10.1. The van der Waals surface area contributed by atoms with Crippen molar-refractivity contribution in [2.45, 2.75) is 51.6 Å². The Bertz CT molecular complexity index is 289. The Labute approximate surface area is 110 Å². The summed E-state index contributed by atoms with van der Waals surface area (Å²) in [6, 6.07) is 0.703. The van der Waals surface area contributed by atoms with E-state index < -0.39 is 0 Å². The summed E-state index contributed by atoms with van der Waals surface area (Å²) in [5.41, 5.74) is 5.96. The van der Waals surface area contributed by atoms with Crippen LogP contribution in [0.5, 0.6) is 0 Å². The maximum Gasteiger partial charge on any atom is 0.221 e. The molecule has 2 atom stereocenters. The van der Waals surface area contributed by atoms with Gasteiger partial charge < -0.3 is 16.0 Å². The Morgan fingerprint density at radius 1 is 1.39 bits per heavy atom. The Balaban J connectivity index is 1.61. The highest BCUT2D eigenvalue weighted by Gasteiger charge is 2.30. The number of carbonyl (C=O) groups is 1. The lowest BCUT2D eigenvalue weighted by molar-refractivity contribution is -0.121. The second-order valence-corrected chi connectivity index (χ2v) is 6.25. The van der Waals surface area contributed by atoms with E-state index in [0.29, 0.717) is 24.3 Å². The fourth-order valence-corrected chi connectivity index (χ4v) is 2.73. The van der Waals surface area contributed by atoms with Crippen LogP contribution >= 0.6 is 0 Å². The van der Waals surface area contributed by atoms with Crippen molar-refractivity contribution in [3.8, 4) is 0 Å². The van der Waals surface area contributed by atoms with Crippen molar-refractivity contribution in [1.29, 1.82) is 0 Å². The maximum atomic E-state index is 11.8. The smallest absolute Gasteiger partial charge is 0.221 e. The molecule has 0 aromatic rings. The molecule has 0 radical (unpaired) electrons. The van der Waals surface area contributed by atoms with Crippen molar-refractivity contribution in [2.24, 2.45) is 17.6 Å². The molecule has 104 valence electrons. The van der Waals surface area contributed by atoms with Gasteiger partial charge in [-0.2, -0.15) is 0 Å². The van der Waals surface area contributed by atoms with E-state index in [4.69, 9.17) is 5.73 Å². The first kappa shape index (κ1) is 13.8. The summed E-state index contributed by atoms with van der Waals surface area (Å²) < 4.78 is 0. The molecule has 2 aliphatic rings. The van der Waals surface area contributed by atoms with E-state index >= 15 is 0 Å². The maximum absolute atomic E-state index is 11.8. The second-order valence-electron chi connectivity index (χ2n) is 6.25. The van der Waals surface area contributed by atoms with Crippen LogP contribution in [0.3, 0.4) is 0 Å². The Morgan fingerprint density at radius 3 is 2.67 bits per heavy atom. The highest BCUT2D eigenvalue weighted by molar-refractivity contribution is 5.76. The molecule has 1 saturated heterocycles. The Morgan fingerprint density at radius 2 is 2.11 bits per heavy atom. The van der Waals surface area contributed by atoms with Crippen molar-refractivity contribution in [3.05, 3.63) is 0 Å². The van der Waals surface area contributed by atoms with Gasteiger partial charge in [0, 0.05) is 31.6 Å². The summed E-state index contributed by atoms with van der Waals surface area (Å²) in [6.45, 7) is 7.57. The molecule has 0 aromatic heterocycles. The SMILES string of the molecule is CC(C)N1CCC(CNC(=O)CC(N)C2CC2)C1. The quantitative estimate of drug-likeness (QED) is 0.741. The van der Waals surface area contributed by atoms with Crippen molar-refractivity contribution in [1.82, 2.24) is 10.2 Å². The lowest BCUT2D eigenvalue weighted by Gasteiger charge is -2.20. The molecular formula is C14H27N3O. The molecule has 4 nitrogen and oxygen atoms in total. The van der Waals surface area contributed by atoms with E-state index in [9.17, 15) is 4.79 Å². The first-order chi connectivity index (χ1) is 8.56. The van der Waals surface area contributed by atoms with Gasteiger partial charge in [0.1, 0.15) is 0 Å². The first-order valence-corrected chi connectivity index (χ1v) is 7.32. The van der Waals surface area contributed by atoms with Crippen LogP contribution in [0.25, 0.3) is 0 Å². The number of nitrogens with two attached hydrogens (primary N) is 1. The minimum atomic E-state index is 0.0840. The molecule has 18 heavy (non-hydrogen) atoms. The molecule has 0 spiro atoms. The zero-order valence-corrected chi connectivity index (χ0v) is 11.7. The van der Waals surface area contributed by atoms with Crippen LogP contribution in [0.2, 0.25) is 0 Å². The Kier molecular flexibility index (Phi) is 4.62. The summed E-state index contributed by atoms with van der Waals surface area (Å²) in [6.07, 6.45) is 4.12. The zero-order chi connectivity index (χ0) is 13.1. The lowest BCUT2D eigenvalue weighted by Crippen LogP contribution is -2.36. The van der Waals surface area contributed by atoms with Crippen LogP contribution in [0, 0.1) is 11.8 Å². The number of amides is 1. The van der Waals surface area contributed by atoms with Gasteiger partial charge in [-0.3, -0.25) is 4.79 Å². The summed E-state index contributed by atoms with van der Waals surface area (Å²) in [7, 11) is 0. The molecule has 1 heterocycles. The molecule has 2 rings (SSSR count). The highest BCUT2D eigenvalue weighted by Crippen LogP contribution is 2.32. The number of hydrogen-bond donors (Lipinski definition) is 2. The third-order valence-electron chi connectivity index (χ3n) is 4.28. The van der Waals surface area contributed by atoms with Crippen LogP contribution in [-0.2, 0) is 4.79 Å². The van der Waals surface area contributed by atoms with E-state index in [-0.39, 0.29) is 11.9 Å². The topological polar surface area (TPSA) is 58.4 Å². The Hall–Kier alpha value is -0.610. The second kappa shape index (κ2) is 6.02. The summed E-state index contributed by atoms with van der Waals surface area (Å²) in [4.78, 5) is 14.2. The van der Waals surface area contributed by atoms with Crippen molar-refractivity contribution in [2.75, 3.05) is 19.6 Å². The number of carbonyl (C=O) groups excluding carboxylic acids is 1. The van der Waals surface area contributed by atoms with Crippen molar-refractivity contribution < 1.29 is 4.79 Å². The first-order valence-electron chi connectivity index (χ1n) is 7.32. The van der Waals surface area contributed by atoms with Gasteiger partial charge in [0.05, 0.1) is 0 Å². The van der Waals surface area contributed by atoms with Crippen LogP contribution in [0.1, 0.15) is 39.5 Å². The summed E-state index contributed by atoms with van der Waals surface area (Å²) in [5.74, 6) is 1.37. The fraction of sp³-hybridized carbons (Fsp3) is 0.929. The van der Waals surface area contributed by atoms with E-state index in [1.165, 1.54) is 25.8 Å². The predicted octanol–water partition coefficient (Wildman–Crippen LogP) is 0.960. The van der Waals surface area contributed by atoms with Crippen LogP contribution in [0.15, 0.2) is 0 Å². The van der Waals surface area contributed by atoms with E-state index in [2.05, 4.69) is 24.1 Å². The van der Waals surface area contributed by atoms with Crippen molar-refractivity contribution in [3.63, 3.8) is 0 Å². The minimum Gasteiger partial charge on any atom is -0.356 e. The molecule has 4 heteroatoms. The van der Waals surface area contributed by atoms with E-state index in [0.717, 1.165) is 13.1 Å². The number of hydrogen-bond acceptors (Lipinski definition) is 3. The largest absolute Gasteiger partial charge is 0.356 e. The third kappa shape index (κ3) is 3.95.